The van der Waals surface area contributed by atoms with Crippen LogP contribution in [0.25, 0.3) is 43.6 Å². The van der Waals surface area contributed by atoms with E-state index in [-0.39, 0.29) is 0 Å². The number of carbonyl (C=O) groups is 2. The first-order chi connectivity index (χ1) is 15.0. The molecule has 0 bridgehead atoms. The molecule has 0 amide bonds. The van der Waals surface area contributed by atoms with Crippen molar-refractivity contribution in [1.29, 1.82) is 0 Å². The van der Waals surface area contributed by atoms with Gasteiger partial charge < -0.3 is 13.9 Å². The number of ether oxygens (including phenoxy) is 2. The number of furan rings is 1. The Balaban J connectivity index is 2.03. The van der Waals surface area contributed by atoms with Crippen molar-refractivity contribution in [2.75, 3.05) is 0 Å². The van der Waals surface area contributed by atoms with Gasteiger partial charge >= 0.3 is 11.9 Å². The molecule has 0 N–H and O–H groups in total. The predicted octanol–water partition coefficient (Wildman–Crippen LogP) is 6.26. The molecule has 1 aromatic heterocycles. The van der Waals surface area contributed by atoms with Crippen molar-refractivity contribution in [3.63, 3.8) is 0 Å². The van der Waals surface area contributed by atoms with Gasteiger partial charge in [0.05, 0.1) is 6.26 Å². The zero-order valence-corrected chi connectivity index (χ0v) is 17.0. The molecule has 0 saturated carbocycles. The van der Waals surface area contributed by atoms with E-state index in [1.54, 1.807) is 6.26 Å². The molecular formula is C26H18O5. The van der Waals surface area contributed by atoms with E-state index in [2.05, 4.69) is 0 Å². The van der Waals surface area contributed by atoms with E-state index in [0.29, 0.717) is 38.6 Å². The van der Waals surface area contributed by atoms with Crippen molar-refractivity contribution in [2.45, 2.75) is 13.8 Å². The zero-order valence-electron chi connectivity index (χ0n) is 17.0. The van der Waals surface area contributed by atoms with Crippen molar-refractivity contribution in [3.8, 4) is 22.6 Å². The zero-order chi connectivity index (χ0) is 21.5. The fraction of sp³-hybridized carbons (Fsp3) is 0.0769. The molecule has 5 heteroatoms. The van der Waals surface area contributed by atoms with E-state index in [0.717, 1.165) is 16.5 Å². The van der Waals surface area contributed by atoms with Gasteiger partial charge in [-0.3, -0.25) is 9.59 Å². The molecule has 31 heavy (non-hydrogen) atoms. The molecule has 5 nitrogen and oxygen atoms in total. The molecule has 152 valence electrons. The smallest absolute Gasteiger partial charge is 0.308 e. The molecule has 5 aromatic rings. The Labute approximate surface area is 177 Å². The van der Waals surface area contributed by atoms with Crippen molar-refractivity contribution in [1.82, 2.24) is 0 Å². The summed E-state index contributed by atoms with van der Waals surface area (Å²) in [5.74, 6) is -0.0231. The molecule has 0 aliphatic carbocycles. The highest BCUT2D eigenvalue weighted by molar-refractivity contribution is 6.23. The summed E-state index contributed by atoms with van der Waals surface area (Å²) >= 11 is 0. The summed E-state index contributed by atoms with van der Waals surface area (Å²) in [4.78, 5) is 24.0. The maximum absolute atomic E-state index is 12.0. The number of hydrogen-bond donors (Lipinski definition) is 0. The van der Waals surface area contributed by atoms with Crippen molar-refractivity contribution in [2.24, 2.45) is 0 Å². The van der Waals surface area contributed by atoms with E-state index < -0.39 is 11.9 Å². The van der Waals surface area contributed by atoms with Crippen LogP contribution < -0.4 is 9.47 Å². The summed E-state index contributed by atoms with van der Waals surface area (Å²) in [6.07, 6.45) is 1.61. The predicted molar refractivity (Wildman–Crippen MR) is 119 cm³/mol. The van der Waals surface area contributed by atoms with Crippen molar-refractivity contribution in [3.05, 3.63) is 73.0 Å². The van der Waals surface area contributed by atoms with Gasteiger partial charge in [0.2, 0.25) is 0 Å². The van der Waals surface area contributed by atoms with Crippen LogP contribution in [-0.2, 0) is 9.59 Å². The quantitative estimate of drug-likeness (QED) is 0.200. The molecule has 0 aliphatic rings. The van der Waals surface area contributed by atoms with Gasteiger partial charge in [-0.05, 0) is 17.7 Å². The summed E-state index contributed by atoms with van der Waals surface area (Å²) < 4.78 is 17.3. The van der Waals surface area contributed by atoms with Crippen molar-refractivity contribution >= 4 is 44.5 Å². The van der Waals surface area contributed by atoms with Crippen LogP contribution in [0.3, 0.4) is 0 Å². The molecule has 0 unspecified atom stereocenters. The first-order valence-electron chi connectivity index (χ1n) is 9.85. The fourth-order valence-corrected chi connectivity index (χ4v) is 4.06. The highest BCUT2D eigenvalue weighted by atomic mass is 16.5. The lowest BCUT2D eigenvalue weighted by atomic mass is 9.93. The Morgan fingerprint density at radius 3 is 2.00 bits per heavy atom. The van der Waals surface area contributed by atoms with Crippen LogP contribution in [-0.4, -0.2) is 11.9 Å². The lowest BCUT2D eigenvalue weighted by Gasteiger charge is -2.17. The number of esters is 2. The molecule has 0 spiro atoms. The van der Waals surface area contributed by atoms with Crippen LogP contribution in [0.2, 0.25) is 0 Å². The van der Waals surface area contributed by atoms with E-state index >= 15 is 0 Å². The molecule has 1 heterocycles. The second kappa shape index (κ2) is 7.29. The fourth-order valence-electron chi connectivity index (χ4n) is 4.06. The van der Waals surface area contributed by atoms with E-state index in [1.165, 1.54) is 13.8 Å². The number of hydrogen-bond acceptors (Lipinski definition) is 5. The Morgan fingerprint density at radius 1 is 0.710 bits per heavy atom. The van der Waals surface area contributed by atoms with E-state index in [1.807, 2.05) is 66.7 Å². The average molecular weight is 410 g/mol. The van der Waals surface area contributed by atoms with Gasteiger partial charge in [-0.1, -0.05) is 54.6 Å². The van der Waals surface area contributed by atoms with Crippen LogP contribution in [0.1, 0.15) is 13.8 Å². The first kappa shape index (κ1) is 18.9. The van der Waals surface area contributed by atoms with Crippen LogP contribution in [0, 0.1) is 0 Å². The summed E-state index contributed by atoms with van der Waals surface area (Å²) in [7, 11) is 0. The monoisotopic (exact) mass is 410 g/mol. The highest BCUT2D eigenvalue weighted by Crippen LogP contribution is 2.48. The Kier molecular flexibility index (Phi) is 4.44. The lowest BCUT2D eigenvalue weighted by molar-refractivity contribution is -0.132. The number of carbonyl (C=O) groups excluding carboxylic acids is 2. The summed E-state index contributed by atoms with van der Waals surface area (Å²) in [5.41, 5.74) is 2.47. The second-order valence-electron chi connectivity index (χ2n) is 7.27. The largest absolute Gasteiger partial charge is 0.464 e. The lowest BCUT2D eigenvalue weighted by Crippen LogP contribution is -2.06. The van der Waals surface area contributed by atoms with Gasteiger partial charge in [0.1, 0.15) is 17.1 Å². The maximum atomic E-state index is 12.0. The van der Waals surface area contributed by atoms with E-state index in [9.17, 15) is 9.59 Å². The summed E-state index contributed by atoms with van der Waals surface area (Å²) in [6, 6.07) is 21.0. The van der Waals surface area contributed by atoms with E-state index in [4.69, 9.17) is 13.9 Å². The minimum absolute atomic E-state index is 0.417. The minimum Gasteiger partial charge on any atom is -0.464 e. The molecule has 0 saturated heterocycles. The van der Waals surface area contributed by atoms with Gasteiger partial charge in [-0.15, -0.1) is 0 Å². The van der Waals surface area contributed by atoms with Gasteiger partial charge in [-0.25, -0.2) is 0 Å². The van der Waals surface area contributed by atoms with Gasteiger partial charge in [0, 0.05) is 46.3 Å². The van der Waals surface area contributed by atoms with Gasteiger partial charge in [0.25, 0.3) is 0 Å². The third-order valence-corrected chi connectivity index (χ3v) is 5.20. The molecule has 5 rings (SSSR count). The highest BCUT2D eigenvalue weighted by Gasteiger charge is 2.23. The molecule has 0 atom stereocenters. The first-order valence-corrected chi connectivity index (χ1v) is 9.85. The minimum atomic E-state index is -0.435. The van der Waals surface area contributed by atoms with Crippen molar-refractivity contribution < 1.29 is 23.5 Å². The SMILES string of the molecule is CC(=O)Oc1c2ccccc2c(OC(C)=O)c2c1cc(-c1ccccc1)c1occc12. The molecule has 0 fully saturated rings. The van der Waals surface area contributed by atoms with Gasteiger partial charge in [-0.2, -0.15) is 0 Å². The Morgan fingerprint density at radius 2 is 1.32 bits per heavy atom. The average Bonchev–Trinajstić information content (AvgIpc) is 3.25. The number of rotatable bonds is 3. The molecule has 0 aliphatic heterocycles. The molecule has 4 aromatic carbocycles. The third-order valence-electron chi connectivity index (χ3n) is 5.20. The Hall–Kier alpha value is -4.12. The van der Waals surface area contributed by atoms with Crippen LogP contribution in [0.15, 0.2) is 77.4 Å². The topological polar surface area (TPSA) is 65.7 Å². The van der Waals surface area contributed by atoms with Crippen LogP contribution in [0.4, 0.5) is 0 Å². The third kappa shape index (κ3) is 3.11. The van der Waals surface area contributed by atoms with Crippen LogP contribution in [0.5, 0.6) is 11.5 Å². The molecule has 0 radical (unpaired) electrons. The maximum Gasteiger partial charge on any atom is 0.308 e. The second-order valence-corrected chi connectivity index (χ2v) is 7.27. The Bertz CT molecular complexity index is 1480. The number of benzene rings is 4. The normalized spacial score (nSPS) is 11.2. The van der Waals surface area contributed by atoms with Crippen LogP contribution >= 0.6 is 0 Å². The standard InChI is InChI=1S/C26H18O5/c1-15(27)30-25-18-10-6-7-11-19(18)26(31-16(2)28)23-20-12-13-29-24(20)21(14-22(23)25)17-8-4-3-5-9-17/h3-14H,1-2H3. The number of fused-ring (bicyclic) bond motifs is 4. The molecular weight excluding hydrogens is 392 g/mol. The van der Waals surface area contributed by atoms with Gasteiger partial charge in [0.15, 0.2) is 0 Å². The summed E-state index contributed by atoms with van der Waals surface area (Å²) in [6.45, 7) is 2.74. The summed E-state index contributed by atoms with van der Waals surface area (Å²) in [5, 5.41) is 3.46.